The number of rotatable bonds is 4. The van der Waals surface area contributed by atoms with Crippen LogP contribution >= 0.6 is 11.3 Å². The Hall–Kier alpha value is -2.71. The lowest BCUT2D eigenvalue weighted by molar-refractivity contribution is -0.117. The van der Waals surface area contributed by atoms with Crippen LogP contribution in [0.15, 0.2) is 64.2 Å². The van der Waals surface area contributed by atoms with Gasteiger partial charge in [0.15, 0.2) is 0 Å². The van der Waals surface area contributed by atoms with Crippen LogP contribution in [0.4, 0.5) is 10.1 Å². The molecule has 0 saturated heterocycles. The fourth-order valence-electron chi connectivity index (χ4n) is 3.26. The van der Waals surface area contributed by atoms with Gasteiger partial charge in [-0.05, 0) is 41.3 Å². The number of methoxy groups -OCH3 is 1. The first-order valence-electron chi connectivity index (χ1n) is 8.00. The van der Waals surface area contributed by atoms with Crippen molar-refractivity contribution in [2.24, 2.45) is 0 Å². The Labute approximate surface area is 159 Å². The first-order chi connectivity index (χ1) is 12.9. The number of anilines is 1. The predicted octanol–water partition coefficient (Wildman–Crippen LogP) is 3.76. The van der Waals surface area contributed by atoms with Gasteiger partial charge >= 0.3 is 0 Å². The minimum Gasteiger partial charge on any atom is -0.496 e. The molecule has 3 aromatic rings. The van der Waals surface area contributed by atoms with Gasteiger partial charge in [0, 0.05) is 5.56 Å². The van der Waals surface area contributed by atoms with Crippen molar-refractivity contribution < 1.29 is 22.3 Å². The summed E-state index contributed by atoms with van der Waals surface area (Å²) >= 11 is 1.02. The third-order valence-electron chi connectivity index (χ3n) is 4.41. The Morgan fingerprint density at radius 1 is 1.07 bits per heavy atom. The van der Waals surface area contributed by atoms with E-state index in [0.717, 1.165) is 21.7 Å². The quantitative estimate of drug-likeness (QED) is 0.665. The molecule has 0 bridgehead atoms. The molecule has 1 aliphatic rings. The molecule has 2 aromatic carbocycles. The minimum atomic E-state index is -4.09. The molecule has 1 aliphatic heterocycles. The number of ether oxygens (including phenoxy) is 1. The summed E-state index contributed by atoms with van der Waals surface area (Å²) in [6.07, 6.45) is 0. The molecular weight excluding hydrogens is 389 g/mol. The standard InChI is InChI=1S/C19H14FNO4S2/c1-25-16-6-3-2-5-13(16)18-14-11-12(20)8-9-15(14)21(19(18)22)27(23,24)17-7-4-10-26-17/h2-11,18H,1H3. The van der Waals surface area contributed by atoms with Crippen molar-refractivity contribution in [1.82, 2.24) is 0 Å². The molecule has 0 saturated carbocycles. The fourth-order valence-corrected chi connectivity index (χ4v) is 5.79. The molecule has 1 atom stereocenters. The van der Waals surface area contributed by atoms with Gasteiger partial charge in [0.05, 0.1) is 18.7 Å². The van der Waals surface area contributed by atoms with Gasteiger partial charge in [0.25, 0.3) is 15.9 Å². The van der Waals surface area contributed by atoms with E-state index in [9.17, 15) is 17.6 Å². The van der Waals surface area contributed by atoms with E-state index in [-0.39, 0.29) is 9.90 Å². The van der Waals surface area contributed by atoms with E-state index >= 15 is 0 Å². The lowest BCUT2D eigenvalue weighted by Crippen LogP contribution is -2.35. The van der Waals surface area contributed by atoms with Gasteiger partial charge in [0.1, 0.15) is 15.8 Å². The van der Waals surface area contributed by atoms with Crippen LogP contribution in [0.25, 0.3) is 0 Å². The number of amides is 1. The summed E-state index contributed by atoms with van der Waals surface area (Å²) in [6, 6.07) is 13.5. The number of fused-ring (bicyclic) bond motifs is 1. The highest BCUT2D eigenvalue weighted by atomic mass is 32.2. The smallest absolute Gasteiger partial charge is 0.280 e. The largest absolute Gasteiger partial charge is 0.496 e. The Bertz CT molecular complexity index is 1130. The van der Waals surface area contributed by atoms with Crippen LogP contribution < -0.4 is 9.04 Å². The number of sulfonamides is 1. The predicted molar refractivity (Wildman–Crippen MR) is 100 cm³/mol. The molecule has 4 rings (SSSR count). The Morgan fingerprint density at radius 3 is 2.56 bits per heavy atom. The summed E-state index contributed by atoms with van der Waals surface area (Å²) in [5.74, 6) is -1.74. The number of hydrogen-bond donors (Lipinski definition) is 0. The highest BCUT2D eigenvalue weighted by Gasteiger charge is 2.46. The van der Waals surface area contributed by atoms with Crippen molar-refractivity contribution >= 4 is 33.0 Å². The first kappa shape index (κ1) is 17.7. The van der Waals surface area contributed by atoms with Gasteiger partial charge in [-0.1, -0.05) is 24.3 Å². The van der Waals surface area contributed by atoms with Crippen molar-refractivity contribution in [1.29, 1.82) is 0 Å². The van der Waals surface area contributed by atoms with E-state index < -0.39 is 27.7 Å². The number of thiophene rings is 1. The monoisotopic (exact) mass is 403 g/mol. The molecule has 138 valence electrons. The zero-order valence-electron chi connectivity index (χ0n) is 14.1. The van der Waals surface area contributed by atoms with Crippen molar-refractivity contribution in [2.45, 2.75) is 10.1 Å². The van der Waals surface area contributed by atoms with Gasteiger partial charge < -0.3 is 4.74 Å². The van der Waals surface area contributed by atoms with Crippen molar-refractivity contribution in [2.75, 3.05) is 11.4 Å². The maximum atomic E-state index is 13.9. The lowest BCUT2D eigenvalue weighted by Gasteiger charge is -2.18. The normalized spacial score (nSPS) is 16.4. The second-order valence-electron chi connectivity index (χ2n) is 5.92. The SMILES string of the molecule is COc1ccccc1C1C(=O)N(S(=O)(=O)c2cccs2)c2ccc(F)cc21. The van der Waals surface area contributed by atoms with Crippen LogP contribution in [0, 0.1) is 5.82 Å². The number of para-hydroxylation sites is 1. The van der Waals surface area contributed by atoms with Gasteiger partial charge in [-0.15, -0.1) is 11.3 Å². The van der Waals surface area contributed by atoms with E-state index in [1.807, 2.05) is 0 Å². The molecule has 0 fully saturated rings. The van der Waals surface area contributed by atoms with Crippen molar-refractivity contribution in [3.05, 3.63) is 76.9 Å². The third-order valence-corrected chi connectivity index (χ3v) is 7.49. The van der Waals surface area contributed by atoms with E-state index in [4.69, 9.17) is 4.74 Å². The maximum Gasteiger partial charge on any atom is 0.280 e. The molecule has 0 N–H and O–H groups in total. The van der Waals surface area contributed by atoms with Crippen LogP contribution in [0.1, 0.15) is 17.0 Å². The van der Waals surface area contributed by atoms with Gasteiger partial charge in [0.2, 0.25) is 0 Å². The topological polar surface area (TPSA) is 63.7 Å². The van der Waals surface area contributed by atoms with Crippen LogP contribution in [0.3, 0.4) is 0 Å². The van der Waals surface area contributed by atoms with Gasteiger partial charge in [-0.2, -0.15) is 8.42 Å². The molecule has 0 radical (unpaired) electrons. The minimum absolute atomic E-state index is 0.0480. The molecule has 8 heteroatoms. The second-order valence-corrected chi connectivity index (χ2v) is 8.88. The molecular formula is C19H14FNO4S2. The molecule has 1 unspecified atom stereocenters. The second kappa shape index (κ2) is 6.47. The summed E-state index contributed by atoms with van der Waals surface area (Å²) in [6.45, 7) is 0. The number of nitrogens with zero attached hydrogens (tertiary/aromatic N) is 1. The Balaban J connectivity index is 1.94. The van der Waals surface area contributed by atoms with Crippen LogP contribution in [0.2, 0.25) is 0 Å². The summed E-state index contributed by atoms with van der Waals surface area (Å²) < 4.78 is 46.2. The summed E-state index contributed by atoms with van der Waals surface area (Å²) in [5.41, 5.74) is 0.941. The number of benzene rings is 2. The summed E-state index contributed by atoms with van der Waals surface area (Å²) in [4.78, 5) is 13.3. The summed E-state index contributed by atoms with van der Waals surface area (Å²) in [5, 5.41) is 1.62. The molecule has 27 heavy (non-hydrogen) atoms. The molecule has 1 aromatic heterocycles. The highest BCUT2D eigenvalue weighted by Crippen LogP contribution is 2.46. The molecule has 1 amide bonds. The lowest BCUT2D eigenvalue weighted by atomic mass is 9.92. The zero-order valence-corrected chi connectivity index (χ0v) is 15.8. The van der Waals surface area contributed by atoms with Crippen molar-refractivity contribution in [3.63, 3.8) is 0 Å². The van der Waals surface area contributed by atoms with Crippen LogP contribution in [-0.4, -0.2) is 21.4 Å². The zero-order chi connectivity index (χ0) is 19.2. The van der Waals surface area contributed by atoms with E-state index in [0.29, 0.717) is 16.9 Å². The molecule has 5 nitrogen and oxygen atoms in total. The molecule has 0 spiro atoms. The average Bonchev–Trinajstić information content (AvgIpc) is 3.28. The molecule has 2 heterocycles. The Morgan fingerprint density at radius 2 is 1.85 bits per heavy atom. The van der Waals surface area contributed by atoms with Crippen LogP contribution in [-0.2, 0) is 14.8 Å². The molecule has 0 aliphatic carbocycles. The van der Waals surface area contributed by atoms with Crippen LogP contribution in [0.5, 0.6) is 5.75 Å². The number of halogens is 1. The maximum absolute atomic E-state index is 13.9. The Kier molecular flexibility index (Phi) is 4.24. The number of carbonyl (C=O) groups excluding carboxylic acids is 1. The number of hydrogen-bond acceptors (Lipinski definition) is 5. The number of carbonyl (C=O) groups is 1. The highest BCUT2D eigenvalue weighted by molar-refractivity contribution is 7.95. The first-order valence-corrected chi connectivity index (χ1v) is 10.3. The van der Waals surface area contributed by atoms with E-state index in [1.54, 1.807) is 35.7 Å². The van der Waals surface area contributed by atoms with E-state index in [2.05, 4.69) is 0 Å². The third kappa shape index (κ3) is 2.72. The van der Waals surface area contributed by atoms with Crippen molar-refractivity contribution in [3.8, 4) is 5.75 Å². The fraction of sp³-hybridized carbons (Fsp3) is 0.105. The average molecular weight is 403 g/mol. The summed E-state index contributed by atoms with van der Waals surface area (Å²) in [7, 11) is -2.63. The van der Waals surface area contributed by atoms with Gasteiger partial charge in [-0.25, -0.2) is 8.70 Å². The van der Waals surface area contributed by atoms with E-state index in [1.165, 1.54) is 25.3 Å². The van der Waals surface area contributed by atoms with Gasteiger partial charge in [-0.3, -0.25) is 4.79 Å².